The van der Waals surface area contributed by atoms with Crippen molar-refractivity contribution < 1.29 is 14.4 Å². The van der Waals surface area contributed by atoms with Gasteiger partial charge in [0, 0.05) is 30.4 Å². The number of para-hydroxylation sites is 1. The highest BCUT2D eigenvalue weighted by atomic mass is 16.2. The molecule has 1 aliphatic rings. The van der Waals surface area contributed by atoms with E-state index in [9.17, 15) is 14.4 Å². The van der Waals surface area contributed by atoms with Crippen molar-refractivity contribution in [3.05, 3.63) is 102 Å². The van der Waals surface area contributed by atoms with Gasteiger partial charge < -0.3 is 4.90 Å². The number of amides is 3. The van der Waals surface area contributed by atoms with Crippen molar-refractivity contribution >= 4 is 23.4 Å². The molecule has 3 aromatic carbocycles. The molecule has 5 rings (SSSR count). The van der Waals surface area contributed by atoms with Crippen LogP contribution in [0.15, 0.2) is 91.1 Å². The number of nitrogens with one attached hydrogen (secondary N) is 2. The quantitative estimate of drug-likeness (QED) is 0.413. The van der Waals surface area contributed by atoms with E-state index in [1.807, 2.05) is 84.9 Å². The number of nitrogens with zero attached hydrogens (tertiary/aromatic N) is 3. The van der Waals surface area contributed by atoms with Gasteiger partial charge in [-0.3, -0.25) is 25.2 Å². The summed E-state index contributed by atoms with van der Waals surface area (Å²) in [7, 11) is 0. The van der Waals surface area contributed by atoms with E-state index in [1.165, 1.54) is 0 Å². The van der Waals surface area contributed by atoms with Gasteiger partial charge in [0.1, 0.15) is 5.69 Å². The summed E-state index contributed by atoms with van der Waals surface area (Å²) in [4.78, 5) is 39.2. The summed E-state index contributed by atoms with van der Waals surface area (Å²) in [5.41, 5.74) is 9.07. The fourth-order valence-corrected chi connectivity index (χ4v) is 4.20. The smallest absolute Gasteiger partial charge is 0.273 e. The van der Waals surface area contributed by atoms with Crippen LogP contribution >= 0.6 is 0 Å². The van der Waals surface area contributed by atoms with Crippen molar-refractivity contribution in [1.82, 2.24) is 20.6 Å². The van der Waals surface area contributed by atoms with Crippen LogP contribution in [0.2, 0.25) is 0 Å². The third-order valence-corrected chi connectivity index (χ3v) is 6.03. The Morgan fingerprint density at radius 1 is 0.833 bits per heavy atom. The molecule has 0 spiro atoms. The zero-order valence-electron chi connectivity index (χ0n) is 19.6. The lowest BCUT2D eigenvalue weighted by Gasteiger charge is -2.15. The number of carbonyl (C=O) groups excluding carboxylic acids is 3. The lowest BCUT2D eigenvalue weighted by atomic mass is 10.1. The molecule has 0 bridgehead atoms. The Kier molecular flexibility index (Phi) is 6.57. The first-order valence-electron chi connectivity index (χ1n) is 11.8. The summed E-state index contributed by atoms with van der Waals surface area (Å²) in [6.45, 7) is 0.719. The van der Waals surface area contributed by atoms with Crippen LogP contribution in [0.3, 0.4) is 0 Å². The summed E-state index contributed by atoms with van der Waals surface area (Å²) in [5.74, 6) is -0.703. The molecule has 4 aromatic rings. The molecule has 36 heavy (non-hydrogen) atoms. The fourth-order valence-electron chi connectivity index (χ4n) is 4.20. The van der Waals surface area contributed by atoms with Gasteiger partial charge in [0.25, 0.3) is 5.91 Å². The van der Waals surface area contributed by atoms with Gasteiger partial charge in [-0.05, 0) is 36.2 Å². The molecular weight excluding hydrogens is 454 g/mol. The van der Waals surface area contributed by atoms with E-state index in [4.69, 9.17) is 0 Å². The predicted octanol–water partition coefficient (Wildman–Crippen LogP) is 3.67. The summed E-state index contributed by atoms with van der Waals surface area (Å²) in [5, 5.41) is 4.63. The Morgan fingerprint density at radius 3 is 2.19 bits per heavy atom. The molecule has 2 N–H and O–H groups in total. The van der Waals surface area contributed by atoms with Gasteiger partial charge in [0.2, 0.25) is 11.8 Å². The van der Waals surface area contributed by atoms with Gasteiger partial charge in [-0.2, -0.15) is 5.10 Å². The van der Waals surface area contributed by atoms with E-state index >= 15 is 0 Å². The van der Waals surface area contributed by atoms with Crippen molar-refractivity contribution in [1.29, 1.82) is 0 Å². The Labute approximate surface area is 208 Å². The second-order valence-electron chi connectivity index (χ2n) is 8.53. The SMILES string of the molecule is O=C(Cc1ccc(N2CCCC2=O)cc1)NNC(=O)c1cn(-c2ccccc2)nc1-c1ccccc1. The Morgan fingerprint density at radius 2 is 1.53 bits per heavy atom. The van der Waals surface area contributed by atoms with Crippen molar-refractivity contribution in [2.45, 2.75) is 19.3 Å². The first kappa shape index (κ1) is 23.0. The molecule has 0 aliphatic carbocycles. The molecule has 1 aromatic heterocycles. The minimum atomic E-state index is -0.465. The van der Waals surface area contributed by atoms with Gasteiger partial charge in [0.15, 0.2) is 0 Å². The van der Waals surface area contributed by atoms with Crippen LogP contribution in [0.1, 0.15) is 28.8 Å². The Balaban J connectivity index is 1.26. The van der Waals surface area contributed by atoms with E-state index in [2.05, 4.69) is 16.0 Å². The normalized spacial score (nSPS) is 13.0. The molecule has 8 nitrogen and oxygen atoms in total. The lowest BCUT2D eigenvalue weighted by Crippen LogP contribution is -2.42. The van der Waals surface area contributed by atoms with Crippen LogP contribution in [-0.4, -0.2) is 34.0 Å². The average Bonchev–Trinajstić information content (AvgIpc) is 3.56. The van der Waals surface area contributed by atoms with Gasteiger partial charge in [0.05, 0.1) is 17.7 Å². The van der Waals surface area contributed by atoms with Crippen LogP contribution in [0.25, 0.3) is 16.9 Å². The molecule has 0 radical (unpaired) electrons. The number of aromatic nitrogens is 2. The number of hydrogen-bond donors (Lipinski definition) is 2. The molecule has 180 valence electrons. The molecule has 1 saturated heterocycles. The van der Waals surface area contributed by atoms with Crippen molar-refractivity contribution in [2.75, 3.05) is 11.4 Å². The first-order chi connectivity index (χ1) is 17.6. The highest BCUT2D eigenvalue weighted by Gasteiger charge is 2.22. The Hall–Kier alpha value is -4.72. The largest absolute Gasteiger partial charge is 0.312 e. The summed E-state index contributed by atoms with van der Waals surface area (Å²) < 4.78 is 1.64. The van der Waals surface area contributed by atoms with Crippen LogP contribution in [0.4, 0.5) is 5.69 Å². The highest BCUT2D eigenvalue weighted by molar-refractivity contribution is 6.00. The molecule has 0 saturated carbocycles. The Bertz CT molecular complexity index is 1380. The topological polar surface area (TPSA) is 96.3 Å². The fraction of sp³-hybridized carbons (Fsp3) is 0.143. The third kappa shape index (κ3) is 5.02. The summed E-state index contributed by atoms with van der Waals surface area (Å²) in [6, 6.07) is 26.2. The van der Waals surface area contributed by atoms with E-state index in [-0.39, 0.29) is 18.2 Å². The van der Waals surface area contributed by atoms with Gasteiger partial charge in [-0.25, -0.2) is 4.68 Å². The molecule has 8 heteroatoms. The zero-order valence-corrected chi connectivity index (χ0v) is 19.6. The van der Waals surface area contributed by atoms with Crippen molar-refractivity contribution in [2.24, 2.45) is 0 Å². The summed E-state index contributed by atoms with van der Waals surface area (Å²) >= 11 is 0. The maximum atomic E-state index is 13.0. The number of benzene rings is 3. The second-order valence-corrected chi connectivity index (χ2v) is 8.53. The minimum absolute atomic E-state index is 0.0866. The predicted molar refractivity (Wildman–Crippen MR) is 136 cm³/mol. The van der Waals surface area contributed by atoms with Gasteiger partial charge in [-0.1, -0.05) is 60.7 Å². The van der Waals surface area contributed by atoms with Gasteiger partial charge >= 0.3 is 0 Å². The molecule has 0 atom stereocenters. The molecule has 1 fully saturated rings. The van der Waals surface area contributed by atoms with E-state index in [1.54, 1.807) is 15.8 Å². The third-order valence-electron chi connectivity index (χ3n) is 6.03. The van der Waals surface area contributed by atoms with Crippen LogP contribution in [-0.2, 0) is 16.0 Å². The average molecular weight is 480 g/mol. The minimum Gasteiger partial charge on any atom is -0.312 e. The number of rotatable bonds is 6. The molecule has 1 aliphatic heterocycles. The van der Waals surface area contributed by atoms with E-state index in [0.29, 0.717) is 17.7 Å². The molecule has 3 amide bonds. The standard InChI is InChI=1S/C28H25N5O3/c34-25(18-20-13-15-22(16-14-20)32-17-7-12-26(32)35)29-30-28(36)24-19-33(23-10-5-2-6-11-23)31-27(24)21-8-3-1-4-9-21/h1-6,8-11,13-16,19H,7,12,17-18H2,(H,29,34)(H,30,36). The lowest BCUT2D eigenvalue weighted by molar-refractivity contribution is -0.121. The van der Waals surface area contributed by atoms with Crippen LogP contribution in [0.5, 0.6) is 0 Å². The number of hydrogen-bond acceptors (Lipinski definition) is 4. The first-order valence-corrected chi connectivity index (χ1v) is 11.8. The van der Waals surface area contributed by atoms with Crippen LogP contribution < -0.4 is 15.8 Å². The number of carbonyl (C=O) groups is 3. The molecular formula is C28H25N5O3. The molecule has 2 heterocycles. The van der Waals surface area contributed by atoms with Crippen molar-refractivity contribution in [3.8, 4) is 16.9 Å². The zero-order chi connectivity index (χ0) is 24.9. The monoisotopic (exact) mass is 479 g/mol. The van der Waals surface area contributed by atoms with Gasteiger partial charge in [-0.15, -0.1) is 0 Å². The number of anilines is 1. The van der Waals surface area contributed by atoms with Crippen LogP contribution in [0, 0.1) is 0 Å². The van der Waals surface area contributed by atoms with E-state index in [0.717, 1.165) is 35.5 Å². The maximum Gasteiger partial charge on any atom is 0.273 e. The van der Waals surface area contributed by atoms with E-state index < -0.39 is 5.91 Å². The van der Waals surface area contributed by atoms with Crippen molar-refractivity contribution in [3.63, 3.8) is 0 Å². The highest BCUT2D eigenvalue weighted by Crippen LogP contribution is 2.24. The molecule has 0 unspecified atom stereocenters. The number of hydrazine groups is 1. The maximum absolute atomic E-state index is 13.0. The second kappa shape index (κ2) is 10.3. The summed E-state index contributed by atoms with van der Waals surface area (Å²) in [6.07, 6.45) is 3.17.